The molecular weight excluding hydrogens is 303 g/mol. The van der Waals surface area contributed by atoms with Crippen molar-refractivity contribution in [3.8, 4) is 22.5 Å². The van der Waals surface area contributed by atoms with Crippen LogP contribution in [0, 0.1) is 5.82 Å². The maximum Gasteiger partial charge on any atom is 0.344 e. The average molecular weight is 316 g/mol. The summed E-state index contributed by atoms with van der Waals surface area (Å²) >= 11 is 0. The first-order chi connectivity index (χ1) is 11.8. The van der Waals surface area contributed by atoms with E-state index in [1.165, 1.54) is 12.1 Å². The van der Waals surface area contributed by atoms with E-state index in [2.05, 4.69) is 0 Å². The lowest BCUT2D eigenvalue weighted by Crippen LogP contribution is -2.04. The zero-order chi connectivity index (χ0) is 16.5. The van der Waals surface area contributed by atoms with Crippen LogP contribution in [0.1, 0.15) is 0 Å². The first kappa shape index (κ1) is 14.4. The van der Waals surface area contributed by atoms with E-state index in [0.717, 1.165) is 11.1 Å². The van der Waals surface area contributed by atoms with Gasteiger partial charge in [-0.05, 0) is 17.7 Å². The Kier molecular flexibility index (Phi) is 3.47. The SMILES string of the molecule is O=c1oc(-c2ccccc2)c(-c2ccccc2)c2c(F)cccc12. The molecule has 0 saturated heterocycles. The van der Waals surface area contributed by atoms with Gasteiger partial charge in [-0.15, -0.1) is 0 Å². The lowest BCUT2D eigenvalue weighted by Gasteiger charge is -2.12. The molecule has 0 radical (unpaired) electrons. The summed E-state index contributed by atoms with van der Waals surface area (Å²) in [5.41, 5.74) is 1.59. The van der Waals surface area contributed by atoms with Gasteiger partial charge in [0.25, 0.3) is 0 Å². The smallest absolute Gasteiger partial charge is 0.344 e. The van der Waals surface area contributed by atoms with Crippen molar-refractivity contribution in [1.82, 2.24) is 0 Å². The first-order valence-electron chi connectivity index (χ1n) is 7.62. The van der Waals surface area contributed by atoms with Crippen molar-refractivity contribution >= 4 is 10.8 Å². The van der Waals surface area contributed by atoms with E-state index in [0.29, 0.717) is 16.7 Å². The van der Waals surface area contributed by atoms with Crippen LogP contribution in [0.2, 0.25) is 0 Å². The minimum Gasteiger partial charge on any atom is -0.422 e. The molecule has 4 rings (SSSR count). The molecule has 116 valence electrons. The molecule has 0 aliphatic carbocycles. The van der Waals surface area contributed by atoms with Crippen molar-refractivity contribution in [2.24, 2.45) is 0 Å². The van der Waals surface area contributed by atoms with Crippen LogP contribution in [-0.2, 0) is 0 Å². The Hall–Kier alpha value is -3.20. The van der Waals surface area contributed by atoms with Crippen molar-refractivity contribution < 1.29 is 8.81 Å². The standard InChI is InChI=1S/C21H13FO2/c22-17-13-7-12-16-19(17)18(14-8-3-1-4-9-14)20(24-21(16)23)15-10-5-2-6-11-15/h1-13H. The number of hydrogen-bond donors (Lipinski definition) is 0. The van der Waals surface area contributed by atoms with Gasteiger partial charge in [-0.2, -0.15) is 0 Å². The highest BCUT2D eigenvalue weighted by Gasteiger charge is 2.19. The van der Waals surface area contributed by atoms with Gasteiger partial charge in [0.1, 0.15) is 11.6 Å². The molecule has 0 saturated carbocycles. The van der Waals surface area contributed by atoms with Crippen LogP contribution in [0.3, 0.4) is 0 Å². The van der Waals surface area contributed by atoms with Crippen molar-refractivity contribution in [2.45, 2.75) is 0 Å². The van der Waals surface area contributed by atoms with E-state index in [9.17, 15) is 9.18 Å². The topological polar surface area (TPSA) is 30.2 Å². The molecule has 24 heavy (non-hydrogen) atoms. The van der Waals surface area contributed by atoms with E-state index in [-0.39, 0.29) is 5.39 Å². The van der Waals surface area contributed by atoms with E-state index in [1.54, 1.807) is 6.07 Å². The van der Waals surface area contributed by atoms with Gasteiger partial charge < -0.3 is 4.42 Å². The van der Waals surface area contributed by atoms with E-state index >= 15 is 0 Å². The predicted molar refractivity (Wildman–Crippen MR) is 93.3 cm³/mol. The van der Waals surface area contributed by atoms with Crippen molar-refractivity contribution in [2.75, 3.05) is 0 Å². The molecule has 3 aromatic carbocycles. The summed E-state index contributed by atoms with van der Waals surface area (Å²) in [6.45, 7) is 0. The molecule has 2 nitrogen and oxygen atoms in total. The Morgan fingerprint density at radius 1 is 0.708 bits per heavy atom. The monoisotopic (exact) mass is 316 g/mol. The highest BCUT2D eigenvalue weighted by molar-refractivity contribution is 6.01. The molecule has 4 aromatic rings. The number of fused-ring (bicyclic) bond motifs is 1. The summed E-state index contributed by atoms with van der Waals surface area (Å²) in [6, 6.07) is 23.2. The Morgan fingerprint density at radius 3 is 2.00 bits per heavy atom. The second-order valence-corrected chi connectivity index (χ2v) is 5.49. The highest BCUT2D eigenvalue weighted by Crippen LogP contribution is 2.37. The molecular formula is C21H13FO2. The third-order valence-electron chi connectivity index (χ3n) is 4.00. The third-order valence-corrected chi connectivity index (χ3v) is 4.00. The molecule has 0 aliphatic heterocycles. The lowest BCUT2D eigenvalue weighted by atomic mass is 9.95. The second-order valence-electron chi connectivity index (χ2n) is 5.49. The second kappa shape index (κ2) is 5.78. The summed E-state index contributed by atoms with van der Waals surface area (Å²) in [5.74, 6) is -0.0548. The van der Waals surface area contributed by atoms with E-state index in [4.69, 9.17) is 4.42 Å². The number of benzene rings is 3. The van der Waals surface area contributed by atoms with Gasteiger partial charge in [0.05, 0.1) is 5.39 Å². The summed E-state index contributed by atoms with van der Waals surface area (Å²) in [6.07, 6.45) is 0. The fraction of sp³-hybridized carbons (Fsp3) is 0. The molecule has 3 heteroatoms. The van der Waals surface area contributed by atoms with Crippen molar-refractivity contribution in [1.29, 1.82) is 0 Å². The summed E-state index contributed by atoms with van der Waals surface area (Å²) in [4.78, 5) is 12.4. The number of hydrogen-bond acceptors (Lipinski definition) is 2. The van der Waals surface area contributed by atoms with E-state index in [1.807, 2.05) is 60.7 Å². The van der Waals surface area contributed by atoms with Gasteiger partial charge in [-0.1, -0.05) is 66.7 Å². The molecule has 0 fully saturated rings. The minimum absolute atomic E-state index is 0.244. The van der Waals surface area contributed by atoms with Gasteiger partial charge in [-0.25, -0.2) is 9.18 Å². The fourth-order valence-corrected chi connectivity index (χ4v) is 2.93. The lowest BCUT2D eigenvalue weighted by molar-refractivity contribution is 0.534. The molecule has 0 spiro atoms. The largest absolute Gasteiger partial charge is 0.422 e. The molecule has 0 unspecified atom stereocenters. The van der Waals surface area contributed by atoms with Gasteiger partial charge >= 0.3 is 5.63 Å². The van der Waals surface area contributed by atoms with E-state index < -0.39 is 11.4 Å². The fourth-order valence-electron chi connectivity index (χ4n) is 2.93. The Morgan fingerprint density at radius 2 is 1.33 bits per heavy atom. The summed E-state index contributed by atoms with van der Waals surface area (Å²) < 4.78 is 20.2. The van der Waals surface area contributed by atoms with Crippen molar-refractivity contribution in [3.63, 3.8) is 0 Å². The van der Waals surface area contributed by atoms with Gasteiger partial charge in [0.2, 0.25) is 0 Å². The maximum atomic E-state index is 14.6. The Balaban J connectivity index is 2.21. The summed E-state index contributed by atoms with van der Waals surface area (Å²) in [5, 5.41) is 0.535. The van der Waals surface area contributed by atoms with Crippen LogP contribution in [0.25, 0.3) is 33.2 Å². The highest BCUT2D eigenvalue weighted by atomic mass is 19.1. The molecule has 0 amide bonds. The molecule has 1 heterocycles. The van der Waals surface area contributed by atoms with Crippen LogP contribution >= 0.6 is 0 Å². The van der Waals surface area contributed by atoms with Crippen LogP contribution in [-0.4, -0.2) is 0 Å². The predicted octanol–water partition coefficient (Wildman–Crippen LogP) is 5.27. The minimum atomic E-state index is -0.539. The van der Waals surface area contributed by atoms with Gasteiger partial charge in [0.15, 0.2) is 0 Å². The zero-order valence-corrected chi connectivity index (χ0v) is 12.7. The quantitative estimate of drug-likeness (QED) is 0.504. The van der Waals surface area contributed by atoms with Gasteiger partial charge in [-0.3, -0.25) is 0 Å². The number of rotatable bonds is 2. The normalized spacial score (nSPS) is 10.9. The van der Waals surface area contributed by atoms with Crippen molar-refractivity contribution in [3.05, 3.63) is 95.1 Å². The zero-order valence-electron chi connectivity index (χ0n) is 12.7. The molecule has 0 bridgehead atoms. The molecule has 0 aliphatic rings. The third kappa shape index (κ3) is 2.31. The van der Waals surface area contributed by atoms with Crippen LogP contribution < -0.4 is 5.63 Å². The molecule has 0 atom stereocenters. The maximum absolute atomic E-state index is 14.6. The Labute approximate surface area is 137 Å². The van der Waals surface area contributed by atoms with Crippen LogP contribution in [0.4, 0.5) is 4.39 Å². The molecule has 1 aromatic heterocycles. The van der Waals surface area contributed by atoms with Gasteiger partial charge in [0, 0.05) is 16.5 Å². The Bertz CT molecular complexity index is 1070. The molecule has 0 N–H and O–H groups in total. The van der Waals surface area contributed by atoms with Crippen LogP contribution in [0.15, 0.2) is 88.1 Å². The first-order valence-corrected chi connectivity index (χ1v) is 7.62. The average Bonchev–Trinajstić information content (AvgIpc) is 2.64. The summed E-state index contributed by atoms with van der Waals surface area (Å²) in [7, 11) is 0. The number of halogens is 1. The van der Waals surface area contributed by atoms with Crippen LogP contribution in [0.5, 0.6) is 0 Å².